The largest absolute Gasteiger partial charge is 0.493 e. The van der Waals surface area contributed by atoms with Crippen LogP contribution in [0.5, 0.6) is 5.88 Å². The SMILES string of the molecule is O=S(=O)(c1cc2ccc(Cl)cc2cc1Cl)n1cc(O)[nH]c1=S. The van der Waals surface area contributed by atoms with E-state index in [1.165, 1.54) is 12.1 Å². The lowest BCUT2D eigenvalue weighted by Gasteiger charge is -2.09. The first kappa shape index (κ1) is 15.4. The van der Waals surface area contributed by atoms with E-state index in [9.17, 15) is 13.5 Å². The average molecular weight is 375 g/mol. The highest BCUT2D eigenvalue weighted by Crippen LogP contribution is 2.31. The Balaban J connectivity index is 2.29. The molecule has 0 unspecified atom stereocenters. The summed E-state index contributed by atoms with van der Waals surface area (Å²) in [6.07, 6.45) is 0.986. The maximum atomic E-state index is 12.7. The molecule has 0 spiro atoms. The van der Waals surface area contributed by atoms with Crippen LogP contribution in [0.2, 0.25) is 10.0 Å². The third-order valence-corrected chi connectivity index (χ3v) is 5.84. The van der Waals surface area contributed by atoms with Gasteiger partial charge in [-0.25, -0.2) is 12.4 Å². The van der Waals surface area contributed by atoms with Gasteiger partial charge in [-0.2, -0.15) is 0 Å². The lowest BCUT2D eigenvalue weighted by molar-refractivity contribution is 0.456. The van der Waals surface area contributed by atoms with Crippen molar-refractivity contribution in [3.63, 3.8) is 0 Å². The Bertz CT molecular complexity index is 1050. The Hall–Kier alpha value is -1.54. The third-order valence-electron chi connectivity index (χ3n) is 3.06. The number of aromatic nitrogens is 2. The van der Waals surface area contributed by atoms with Gasteiger partial charge in [0.2, 0.25) is 5.88 Å². The van der Waals surface area contributed by atoms with Gasteiger partial charge >= 0.3 is 0 Å². The summed E-state index contributed by atoms with van der Waals surface area (Å²) in [5.41, 5.74) is 0. The lowest BCUT2D eigenvalue weighted by atomic mass is 10.1. The van der Waals surface area contributed by atoms with E-state index in [0.29, 0.717) is 10.4 Å². The highest BCUT2D eigenvalue weighted by atomic mass is 35.5. The van der Waals surface area contributed by atoms with Crippen molar-refractivity contribution in [1.82, 2.24) is 8.96 Å². The van der Waals surface area contributed by atoms with Crippen LogP contribution in [-0.4, -0.2) is 22.5 Å². The predicted molar refractivity (Wildman–Crippen MR) is 87.8 cm³/mol. The summed E-state index contributed by atoms with van der Waals surface area (Å²) in [6, 6.07) is 8.00. The number of nitrogens with zero attached hydrogens (tertiary/aromatic N) is 1. The molecule has 22 heavy (non-hydrogen) atoms. The van der Waals surface area contributed by atoms with Gasteiger partial charge in [-0.05, 0) is 47.3 Å². The molecule has 0 atom stereocenters. The average Bonchev–Trinajstić information content (AvgIpc) is 2.77. The van der Waals surface area contributed by atoms with Crippen LogP contribution < -0.4 is 0 Å². The molecule has 0 saturated carbocycles. The minimum atomic E-state index is -4.02. The van der Waals surface area contributed by atoms with E-state index in [-0.39, 0.29) is 20.6 Å². The molecule has 5 nitrogen and oxygen atoms in total. The fraction of sp³-hybridized carbons (Fsp3) is 0. The Morgan fingerprint density at radius 2 is 1.86 bits per heavy atom. The van der Waals surface area contributed by atoms with Crippen LogP contribution in [0.1, 0.15) is 0 Å². The number of hydrogen-bond donors (Lipinski definition) is 2. The summed E-state index contributed by atoms with van der Waals surface area (Å²) in [4.78, 5) is 2.23. The molecule has 9 heteroatoms. The molecule has 0 aliphatic carbocycles. The highest BCUT2D eigenvalue weighted by Gasteiger charge is 2.22. The molecule has 114 valence electrons. The number of benzene rings is 2. The first-order valence-corrected chi connectivity index (χ1v) is 8.54. The molecular weight excluding hydrogens is 367 g/mol. The van der Waals surface area contributed by atoms with Gasteiger partial charge in [0.1, 0.15) is 4.90 Å². The van der Waals surface area contributed by atoms with Crippen molar-refractivity contribution < 1.29 is 13.5 Å². The number of aromatic amines is 1. The van der Waals surface area contributed by atoms with E-state index < -0.39 is 10.0 Å². The molecule has 3 aromatic rings. The zero-order valence-corrected chi connectivity index (χ0v) is 13.9. The lowest BCUT2D eigenvalue weighted by Crippen LogP contribution is -2.12. The Labute approximate surface area is 140 Å². The predicted octanol–water partition coefficient (Wildman–Crippen LogP) is 3.95. The molecule has 0 aliphatic rings. The van der Waals surface area contributed by atoms with Crippen LogP contribution in [-0.2, 0) is 10.0 Å². The molecule has 0 saturated heterocycles. The van der Waals surface area contributed by atoms with Crippen molar-refractivity contribution in [2.24, 2.45) is 0 Å². The molecule has 2 N–H and O–H groups in total. The van der Waals surface area contributed by atoms with Crippen LogP contribution in [0.4, 0.5) is 0 Å². The van der Waals surface area contributed by atoms with Crippen molar-refractivity contribution in [3.05, 3.63) is 51.3 Å². The van der Waals surface area contributed by atoms with Gasteiger partial charge in [0.05, 0.1) is 11.2 Å². The zero-order chi connectivity index (χ0) is 16.1. The third kappa shape index (κ3) is 2.50. The number of hydrogen-bond acceptors (Lipinski definition) is 4. The van der Waals surface area contributed by atoms with Crippen LogP contribution in [0.15, 0.2) is 41.4 Å². The minimum Gasteiger partial charge on any atom is -0.493 e. The number of H-pyrrole nitrogens is 1. The molecule has 3 rings (SSSR count). The minimum absolute atomic E-state index is 0.0392. The summed E-state index contributed by atoms with van der Waals surface area (Å²) in [5, 5.41) is 11.3. The van der Waals surface area contributed by atoms with Crippen molar-refractivity contribution in [2.75, 3.05) is 0 Å². The topological polar surface area (TPSA) is 75.1 Å². The van der Waals surface area contributed by atoms with E-state index in [1.54, 1.807) is 18.2 Å². The molecule has 0 radical (unpaired) electrons. The van der Waals surface area contributed by atoms with E-state index in [1.807, 2.05) is 0 Å². The molecule has 0 fully saturated rings. The van der Waals surface area contributed by atoms with Crippen LogP contribution >= 0.6 is 35.4 Å². The molecule has 2 aromatic carbocycles. The second-order valence-corrected chi connectivity index (χ2v) is 7.53. The van der Waals surface area contributed by atoms with E-state index >= 15 is 0 Å². The second kappa shape index (κ2) is 5.27. The maximum absolute atomic E-state index is 12.7. The molecule has 0 amide bonds. The Kier molecular flexibility index (Phi) is 3.68. The Morgan fingerprint density at radius 3 is 2.50 bits per heavy atom. The van der Waals surface area contributed by atoms with E-state index in [0.717, 1.165) is 15.6 Å². The summed E-state index contributed by atoms with van der Waals surface area (Å²) in [5.74, 6) is -0.350. The van der Waals surface area contributed by atoms with Gasteiger partial charge < -0.3 is 10.1 Å². The molecule has 1 heterocycles. The van der Waals surface area contributed by atoms with Crippen molar-refractivity contribution in [1.29, 1.82) is 0 Å². The standard InChI is InChI=1S/C13H8Cl2N2O3S2/c14-9-2-1-7-5-11(10(15)4-8(7)3-9)22(19,20)17-6-12(18)16-13(17)21/h1-6,18H,(H,16,21). The van der Waals surface area contributed by atoms with Gasteiger partial charge in [-0.1, -0.05) is 29.3 Å². The number of nitrogens with one attached hydrogen (secondary N) is 1. The summed E-state index contributed by atoms with van der Waals surface area (Å²) in [7, 11) is -4.02. The highest BCUT2D eigenvalue weighted by molar-refractivity contribution is 7.90. The first-order valence-electron chi connectivity index (χ1n) is 5.94. The number of halogens is 2. The van der Waals surface area contributed by atoms with Crippen molar-refractivity contribution in [3.8, 4) is 5.88 Å². The quantitative estimate of drug-likeness (QED) is 0.665. The maximum Gasteiger partial charge on any atom is 0.271 e. The smallest absolute Gasteiger partial charge is 0.271 e. The second-order valence-electron chi connectivity index (χ2n) is 4.52. The van der Waals surface area contributed by atoms with Gasteiger partial charge in [-0.15, -0.1) is 0 Å². The summed E-state index contributed by atoms with van der Waals surface area (Å²) < 4.78 is 25.9. The van der Waals surface area contributed by atoms with Crippen LogP contribution in [0.3, 0.4) is 0 Å². The van der Waals surface area contributed by atoms with Crippen molar-refractivity contribution in [2.45, 2.75) is 4.90 Å². The fourth-order valence-electron chi connectivity index (χ4n) is 2.07. The zero-order valence-electron chi connectivity index (χ0n) is 10.7. The number of aromatic hydroxyl groups is 1. The number of fused-ring (bicyclic) bond motifs is 1. The van der Waals surface area contributed by atoms with Gasteiger partial charge in [0.25, 0.3) is 10.0 Å². The van der Waals surface area contributed by atoms with Crippen LogP contribution in [0, 0.1) is 4.77 Å². The van der Waals surface area contributed by atoms with Crippen molar-refractivity contribution >= 4 is 56.2 Å². The van der Waals surface area contributed by atoms with Gasteiger partial charge in [-0.3, -0.25) is 0 Å². The summed E-state index contributed by atoms with van der Waals surface area (Å²) in [6.45, 7) is 0. The number of imidazole rings is 1. The fourth-order valence-corrected chi connectivity index (χ4v) is 4.46. The number of rotatable bonds is 2. The normalized spacial score (nSPS) is 11.9. The van der Waals surface area contributed by atoms with Crippen LogP contribution in [0.25, 0.3) is 10.8 Å². The molecular formula is C13H8Cl2N2O3S2. The van der Waals surface area contributed by atoms with E-state index in [2.05, 4.69) is 4.98 Å². The molecule has 0 bridgehead atoms. The summed E-state index contributed by atoms with van der Waals surface area (Å²) >= 11 is 16.9. The Morgan fingerprint density at radius 1 is 1.14 bits per heavy atom. The van der Waals surface area contributed by atoms with Gasteiger partial charge in [0, 0.05) is 5.02 Å². The molecule has 0 aliphatic heterocycles. The monoisotopic (exact) mass is 374 g/mol. The first-order chi connectivity index (χ1) is 10.3. The van der Waals surface area contributed by atoms with E-state index in [4.69, 9.17) is 35.4 Å². The van der Waals surface area contributed by atoms with Gasteiger partial charge in [0.15, 0.2) is 4.77 Å². The molecule has 1 aromatic heterocycles.